The predicted molar refractivity (Wildman–Crippen MR) is 84.7 cm³/mol. The largest absolute Gasteiger partial charge is 0.351 e. The van der Waals surface area contributed by atoms with Gasteiger partial charge in [-0.05, 0) is 49.2 Å². The van der Waals surface area contributed by atoms with Gasteiger partial charge >= 0.3 is 0 Å². The Morgan fingerprint density at radius 1 is 1.23 bits per heavy atom. The predicted octanol–water partition coefficient (Wildman–Crippen LogP) is 3.90. The van der Waals surface area contributed by atoms with Crippen LogP contribution in [0.15, 0.2) is 48.5 Å². The molecule has 1 atom stereocenters. The number of rotatable bonds is 1. The van der Waals surface area contributed by atoms with E-state index in [2.05, 4.69) is 11.1 Å². The van der Waals surface area contributed by atoms with Gasteiger partial charge in [0.05, 0.1) is 0 Å². The maximum atomic E-state index is 13.3. The van der Waals surface area contributed by atoms with Crippen molar-refractivity contribution >= 4 is 22.5 Å². The molecule has 2 heterocycles. The van der Waals surface area contributed by atoms with Gasteiger partial charge in [0.25, 0.3) is 5.91 Å². The van der Waals surface area contributed by atoms with Crippen LogP contribution >= 0.6 is 0 Å². The van der Waals surface area contributed by atoms with E-state index >= 15 is 0 Å². The fourth-order valence-electron chi connectivity index (χ4n) is 3.22. The highest BCUT2D eigenvalue weighted by Crippen LogP contribution is 2.33. The Bertz CT molecular complexity index is 884. The number of amides is 1. The first-order valence-electron chi connectivity index (χ1n) is 7.33. The number of anilines is 1. The summed E-state index contributed by atoms with van der Waals surface area (Å²) in [5.74, 6) is -0.376. The second-order valence-corrected chi connectivity index (χ2v) is 5.77. The van der Waals surface area contributed by atoms with E-state index in [1.54, 1.807) is 12.1 Å². The number of para-hydroxylation sites is 1. The first-order chi connectivity index (χ1) is 10.6. The van der Waals surface area contributed by atoms with Gasteiger partial charge in [-0.25, -0.2) is 4.39 Å². The minimum absolute atomic E-state index is 0.0749. The van der Waals surface area contributed by atoms with Gasteiger partial charge in [0.1, 0.15) is 11.5 Å². The van der Waals surface area contributed by atoms with Crippen LogP contribution < -0.4 is 4.90 Å². The molecule has 1 unspecified atom stereocenters. The summed E-state index contributed by atoms with van der Waals surface area (Å²) in [7, 11) is 0. The standard InChI is InChI=1S/C18H15FN2O/c1-11-8-12-4-2-3-5-17(12)21(11)18(22)16-10-13-9-14(19)6-7-15(13)20-16/h2-7,9-11,20H,8H2,1H3. The first kappa shape index (κ1) is 13.1. The molecule has 0 fully saturated rings. The van der Waals surface area contributed by atoms with Crippen molar-refractivity contribution in [3.05, 3.63) is 65.6 Å². The van der Waals surface area contributed by atoms with Gasteiger partial charge in [0, 0.05) is 22.6 Å². The Labute approximate surface area is 127 Å². The molecule has 0 radical (unpaired) electrons. The monoisotopic (exact) mass is 294 g/mol. The Morgan fingerprint density at radius 3 is 2.91 bits per heavy atom. The number of benzene rings is 2. The van der Waals surface area contributed by atoms with Crippen molar-refractivity contribution < 1.29 is 9.18 Å². The van der Waals surface area contributed by atoms with Gasteiger partial charge in [0.2, 0.25) is 0 Å². The molecule has 0 bridgehead atoms. The Morgan fingerprint density at radius 2 is 2.05 bits per heavy atom. The lowest BCUT2D eigenvalue weighted by Gasteiger charge is -2.22. The fraction of sp³-hybridized carbons (Fsp3) is 0.167. The minimum Gasteiger partial charge on any atom is -0.351 e. The van der Waals surface area contributed by atoms with E-state index in [0.717, 1.165) is 17.6 Å². The van der Waals surface area contributed by atoms with Crippen molar-refractivity contribution in [3.63, 3.8) is 0 Å². The van der Waals surface area contributed by atoms with E-state index in [9.17, 15) is 9.18 Å². The van der Waals surface area contributed by atoms with E-state index in [1.807, 2.05) is 30.0 Å². The Kier molecular flexibility index (Phi) is 2.79. The number of halogens is 1. The molecule has 0 spiro atoms. The van der Waals surface area contributed by atoms with Crippen molar-refractivity contribution in [2.24, 2.45) is 0 Å². The van der Waals surface area contributed by atoms with E-state index < -0.39 is 0 Å². The second-order valence-electron chi connectivity index (χ2n) is 5.77. The maximum absolute atomic E-state index is 13.3. The normalized spacial score (nSPS) is 17.0. The van der Waals surface area contributed by atoms with E-state index in [1.165, 1.54) is 17.7 Å². The highest BCUT2D eigenvalue weighted by Gasteiger charge is 2.31. The van der Waals surface area contributed by atoms with Gasteiger partial charge in [-0.1, -0.05) is 18.2 Å². The number of nitrogens with one attached hydrogen (secondary N) is 1. The summed E-state index contributed by atoms with van der Waals surface area (Å²) >= 11 is 0. The first-order valence-corrected chi connectivity index (χ1v) is 7.33. The molecule has 1 amide bonds. The third-order valence-corrected chi connectivity index (χ3v) is 4.24. The molecule has 2 aromatic carbocycles. The van der Waals surface area contributed by atoms with Gasteiger partial charge < -0.3 is 9.88 Å². The van der Waals surface area contributed by atoms with E-state index in [-0.39, 0.29) is 17.8 Å². The lowest BCUT2D eigenvalue weighted by atomic mass is 10.1. The van der Waals surface area contributed by atoms with Crippen LogP contribution in [0.2, 0.25) is 0 Å². The number of H-pyrrole nitrogens is 1. The Balaban J connectivity index is 1.77. The van der Waals surface area contributed by atoms with Crippen molar-refractivity contribution in [1.29, 1.82) is 0 Å². The molecule has 1 aliphatic rings. The molecule has 4 rings (SSSR count). The lowest BCUT2D eigenvalue weighted by molar-refractivity contribution is 0.0977. The molecular weight excluding hydrogens is 279 g/mol. The van der Waals surface area contributed by atoms with Crippen LogP contribution in [0, 0.1) is 5.82 Å². The molecule has 0 saturated carbocycles. The number of carbonyl (C=O) groups is 1. The minimum atomic E-state index is -0.301. The van der Waals surface area contributed by atoms with E-state index in [4.69, 9.17) is 0 Å². The summed E-state index contributed by atoms with van der Waals surface area (Å²) in [6.45, 7) is 2.04. The molecule has 0 aliphatic carbocycles. The summed E-state index contributed by atoms with van der Waals surface area (Å²) in [6, 6.07) is 14.3. The number of hydrogen-bond acceptors (Lipinski definition) is 1. The topological polar surface area (TPSA) is 36.1 Å². The Hall–Kier alpha value is -2.62. The van der Waals surface area contributed by atoms with Crippen LogP contribution in [0.25, 0.3) is 10.9 Å². The quantitative estimate of drug-likeness (QED) is 0.726. The summed E-state index contributed by atoms with van der Waals surface area (Å²) in [6.07, 6.45) is 0.858. The summed E-state index contributed by atoms with van der Waals surface area (Å²) in [5.41, 5.74) is 3.41. The molecule has 4 heteroatoms. The molecule has 1 aliphatic heterocycles. The molecule has 3 aromatic rings. The number of nitrogens with zero attached hydrogens (tertiary/aromatic N) is 1. The molecular formula is C18H15FN2O. The summed E-state index contributed by atoms with van der Waals surface area (Å²) in [4.78, 5) is 17.8. The number of aromatic amines is 1. The molecule has 0 saturated heterocycles. The average molecular weight is 294 g/mol. The molecule has 22 heavy (non-hydrogen) atoms. The third-order valence-electron chi connectivity index (χ3n) is 4.24. The third kappa shape index (κ3) is 1.91. The molecule has 110 valence electrons. The number of carbonyl (C=O) groups excluding carboxylic acids is 1. The van der Waals surface area contributed by atoms with Crippen LogP contribution in [0.5, 0.6) is 0 Å². The summed E-state index contributed by atoms with van der Waals surface area (Å²) < 4.78 is 13.3. The van der Waals surface area contributed by atoms with E-state index in [0.29, 0.717) is 11.1 Å². The zero-order valence-electron chi connectivity index (χ0n) is 12.1. The van der Waals surface area contributed by atoms with Gasteiger partial charge in [0.15, 0.2) is 0 Å². The smallest absolute Gasteiger partial charge is 0.274 e. The highest BCUT2D eigenvalue weighted by molar-refractivity contribution is 6.08. The zero-order valence-corrected chi connectivity index (χ0v) is 12.1. The van der Waals surface area contributed by atoms with Crippen molar-refractivity contribution in [1.82, 2.24) is 4.98 Å². The number of fused-ring (bicyclic) bond motifs is 2. The number of aromatic nitrogens is 1. The molecule has 3 nitrogen and oxygen atoms in total. The van der Waals surface area contributed by atoms with Crippen molar-refractivity contribution in [3.8, 4) is 0 Å². The van der Waals surface area contributed by atoms with Crippen LogP contribution in [0.1, 0.15) is 23.0 Å². The maximum Gasteiger partial charge on any atom is 0.274 e. The molecule has 1 N–H and O–H groups in total. The zero-order chi connectivity index (χ0) is 15.3. The SMILES string of the molecule is CC1Cc2ccccc2N1C(=O)c1cc2cc(F)ccc2[nH]1. The lowest BCUT2D eigenvalue weighted by Crippen LogP contribution is -2.35. The van der Waals surface area contributed by atoms with Gasteiger partial charge in [-0.3, -0.25) is 4.79 Å². The van der Waals surface area contributed by atoms with Crippen LogP contribution in [0.4, 0.5) is 10.1 Å². The van der Waals surface area contributed by atoms with Gasteiger partial charge in [-0.15, -0.1) is 0 Å². The fourth-order valence-corrected chi connectivity index (χ4v) is 3.22. The van der Waals surface area contributed by atoms with Crippen LogP contribution in [0.3, 0.4) is 0 Å². The highest BCUT2D eigenvalue weighted by atomic mass is 19.1. The second kappa shape index (κ2) is 4.70. The molecule has 1 aromatic heterocycles. The summed E-state index contributed by atoms with van der Waals surface area (Å²) in [5, 5.41) is 0.712. The average Bonchev–Trinajstić information content (AvgIpc) is 3.06. The van der Waals surface area contributed by atoms with Crippen molar-refractivity contribution in [2.75, 3.05) is 4.90 Å². The van der Waals surface area contributed by atoms with Gasteiger partial charge in [-0.2, -0.15) is 0 Å². The van der Waals surface area contributed by atoms with Crippen LogP contribution in [-0.2, 0) is 6.42 Å². The van der Waals surface area contributed by atoms with Crippen LogP contribution in [-0.4, -0.2) is 16.9 Å². The number of hydrogen-bond donors (Lipinski definition) is 1. The van der Waals surface area contributed by atoms with Crippen molar-refractivity contribution in [2.45, 2.75) is 19.4 Å².